The van der Waals surface area contributed by atoms with E-state index in [0.29, 0.717) is 0 Å². The molecule has 8 nitrogen and oxygen atoms in total. The van der Waals surface area contributed by atoms with E-state index in [1.54, 1.807) is 0 Å². The van der Waals surface area contributed by atoms with Crippen molar-refractivity contribution in [3.63, 3.8) is 0 Å². The van der Waals surface area contributed by atoms with Gasteiger partial charge in [0.05, 0.1) is 17.3 Å². The number of nitrogens with zero attached hydrogens (tertiary/aromatic N) is 7. The Kier molecular flexibility index (Phi) is 4.87. The van der Waals surface area contributed by atoms with Crippen molar-refractivity contribution < 1.29 is 4.52 Å². The second-order valence-electron chi connectivity index (χ2n) is 7.84. The maximum Gasteiger partial charge on any atom is 0.231 e. The van der Waals surface area contributed by atoms with Gasteiger partial charge in [-0.05, 0) is 32.8 Å². The maximum atomic E-state index is 5.54. The van der Waals surface area contributed by atoms with Crippen LogP contribution in [0.15, 0.2) is 16.8 Å². The van der Waals surface area contributed by atoms with E-state index in [2.05, 4.69) is 45.9 Å². The Hall–Kier alpha value is -2.77. The molecule has 0 aromatic carbocycles. The average molecular weight is 381 g/mol. The molecule has 1 fully saturated rings. The second kappa shape index (κ2) is 7.33. The molecule has 3 aromatic rings. The Morgan fingerprint density at radius 3 is 2.71 bits per heavy atom. The number of hydrogen-bond acceptors (Lipinski definition) is 7. The number of hydrogen-bond donors (Lipinski definition) is 0. The predicted molar refractivity (Wildman–Crippen MR) is 106 cm³/mol. The molecule has 4 heterocycles. The molecule has 0 aliphatic carbocycles. The fourth-order valence-corrected chi connectivity index (χ4v) is 3.79. The van der Waals surface area contributed by atoms with Gasteiger partial charge in [-0.3, -0.25) is 4.68 Å². The number of aryl methyl sites for hydroxylation is 2. The molecule has 1 aliphatic rings. The molecular formula is C20H27N7O. The predicted octanol–water partition coefficient (Wildman–Crippen LogP) is 3.38. The Morgan fingerprint density at radius 1 is 1.21 bits per heavy atom. The molecule has 0 N–H and O–H groups in total. The third-order valence-corrected chi connectivity index (χ3v) is 5.44. The summed E-state index contributed by atoms with van der Waals surface area (Å²) < 4.78 is 7.43. The molecule has 4 rings (SSSR count). The van der Waals surface area contributed by atoms with Crippen LogP contribution in [0, 0.1) is 13.8 Å². The van der Waals surface area contributed by atoms with E-state index in [1.807, 2.05) is 30.9 Å². The molecule has 0 amide bonds. The summed E-state index contributed by atoms with van der Waals surface area (Å²) in [6.07, 6.45) is 3.91. The van der Waals surface area contributed by atoms with Crippen LogP contribution in [-0.2, 0) is 7.05 Å². The van der Waals surface area contributed by atoms with Gasteiger partial charge in [-0.25, -0.2) is 9.97 Å². The summed E-state index contributed by atoms with van der Waals surface area (Å²) >= 11 is 0. The second-order valence-corrected chi connectivity index (χ2v) is 7.84. The molecule has 0 radical (unpaired) electrons. The highest BCUT2D eigenvalue weighted by molar-refractivity contribution is 5.65. The van der Waals surface area contributed by atoms with Gasteiger partial charge in [-0.1, -0.05) is 19.0 Å². The van der Waals surface area contributed by atoms with E-state index < -0.39 is 0 Å². The molecule has 1 aliphatic heterocycles. The molecule has 1 atom stereocenters. The molecule has 0 spiro atoms. The lowest BCUT2D eigenvalue weighted by molar-refractivity contribution is 0.329. The van der Waals surface area contributed by atoms with E-state index in [-0.39, 0.29) is 11.8 Å². The number of piperidine rings is 1. The van der Waals surface area contributed by atoms with Crippen molar-refractivity contribution in [2.75, 3.05) is 18.0 Å². The minimum Gasteiger partial charge on any atom is -0.340 e. The summed E-state index contributed by atoms with van der Waals surface area (Å²) in [5.74, 6) is 2.72. The van der Waals surface area contributed by atoms with E-state index in [0.717, 1.165) is 66.2 Å². The highest BCUT2D eigenvalue weighted by Crippen LogP contribution is 2.30. The molecule has 1 saturated heterocycles. The van der Waals surface area contributed by atoms with Crippen LogP contribution in [0.1, 0.15) is 61.6 Å². The fraction of sp³-hybridized carbons (Fsp3) is 0.550. The SMILES string of the molecule is Cc1nn(C)c(C)c1-c1ccnc(N2CCCC(c3nc(C(C)C)no3)C2)n1. The first-order valence-corrected chi connectivity index (χ1v) is 9.86. The minimum atomic E-state index is 0.211. The zero-order valence-electron chi connectivity index (χ0n) is 17.2. The normalized spacial score (nSPS) is 17.5. The van der Waals surface area contributed by atoms with E-state index >= 15 is 0 Å². The minimum absolute atomic E-state index is 0.211. The van der Waals surface area contributed by atoms with E-state index in [4.69, 9.17) is 9.51 Å². The fourth-order valence-electron chi connectivity index (χ4n) is 3.79. The van der Waals surface area contributed by atoms with Crippen LogP contribution in [0.3, 0.4) is 0 Å². The summed E-state index contributed by atoms with van der Waals surface area (Å²) in [6.45, 7) is 9.94. The van der Waals surface area contributed by atoms with Gasteiger partial charge in [0.2, 0.25) is 11.8 Å². The third kappa shape index (κ3) is 3.39. The number of aromatic nitrogens is 6. The average Bonchev–Trinajstić information content (AvgIpc) is 3.27. The molecule has 0 saturated carbocycles. The van der Waals surface area contributed by atoms with Crippen molar-refractivity contribution in [1.82, 2.24) is 29.9 Å². The van der Waals surface area contributed by atoms with Gasteiger partial charge in [0.1, 0.15) is 0 Å². The number of anilines is 1. The smallest absolute Gasteiger partial charge is 0.231 e. The Balaban J connectivity index is 1.58. The summed E-state index contributed by atoms with van der Waals surface area (Å²) in [4.78, 5) is 16.2. The van der Waals surface area contributed by atoms with Crippen LogP contribution in [0.4, 0.5) is 5.95 Å². The van der Waals surface area contributed by atoms with Crippen molar-refractivity contribution in [2.24, 2.45) is 7.05 Å². The van der Waals surface area contributed by atoms with Gasteiger partial charge in [-0.2, -0.15) is 10.1 Å². The van der Waals surface area contributed by atoms with Crippen LogP contribution in [-0.4, -0.2) is 43.0 Å². The Morgan fingerprint density at radius 2 is 2.04 bits per heavy atom. The lowest BCUT2D eigenvalue weighted by Crippen LogP contribution is -2.35. The molecule has 28 heavy (non-hydrogen) atoms. The third-order valence-electron chi connectivity index (χ3n) is 5.44. The van der Waals surface area contributed by atoms with Crippen molar-refractivity contribution in [3.05, 3.63) is 35.4 Å². The van der Waals surface area contributed by atoms with E-state index in [9.17, 15) is 0 Å². The van der Waals surface area contributed by atoms with Gasteiger partial charge in [0.15, 0.2) is 5.82 Å². The van der Waals surface area contributed by atoms with Crippen molar-refractivity contribution in [2.45, 2.75) is 52.4 Å². The zero-order valence-corrected chi connectivity index (χ0v) is 17.2. The summed E-state index contributed by atoms with van der Waals surface area (Å²) in [6, 6.07) is 1.95. The highest BCUT2D eigenvalue weighted by atomic mass is 16.5. The van der Waals surface area contributed by atoms with Crippen molar-refractivity contribution in [3.8, 4) is 11.3 Å². The van der Waals surface area contributed by atoms with Crippen LogP contribution in [0.5, 0.6) is 0 Å². The molecule has 1 unspecified atom stereocenters. The zero-order chi connectivity index (χ0) is 19.8. The topological polar surface area (TPSA) is 85.8 Å². The first kappa shape index (κ1) is 18.6. The first-order valence-electron chi connectivity index (χ1n) is 9.86. The van der Waals surface area contributed by atoms with Crippen molar-refractivity contribution >= 4 is 5.95 Å². The largest absolute Gasteiger partial charge is 0.340 e. The van der Waals surface area contributed by atoms with Gasteiger partial charge in [-0.15, -0.1) is 0 Å². The van der Waals surface area contributed by atoms with Crippen LogP contribution >= 0.6 is 0 Å². The van der Waals surface area contributed by atoms with Crippen LogP contribution < -0.4 is 4.90 Å². The molecular weight excluding hydrogens is 354 g/mol. The maximum absolute atomic E-state index is 5.54. The van der Waals surface area contributed by atoms with Gasteiger partial charge < -0.3 is 9.42 Å². The quantitative estimate of drug-likeness (QED) is 0.685. The van der Waals surface area contributed by atoms with Gasteiger partial charge >= 0.3 is 0 Å². The first-order chi connectivity index (χ1) is 13.4. The highest BCUT2D eigenvalue weighted by Gasteiger charge is 2.28. The summed E-state index contributed by atoms with van der Waals surface area (Å²) in [7, 11) is 1.96. The Labute approximate surface area is 165 Å². The van der Waals surface area contributed by atoms with E-state index in [1.165, 1.54) is 0 Å². The summed E-state index contributed by atoms with van der Waals surface area (Å²) in [5.41, 5.74) is 4.08. The Bertz CT molecular complexity index is 975. The lowest BCUT2D eigenvalue weighted by atomic mass is 9.98. The van der Waals surface area contributed by atoms with Gasteiger partial charge in [0.25, 0.3) is 0 Å². The summed E-state index contributed by atoms with van der Waals surface area (Å²) in [5, 5.41) is 8.63. The number of rotatable bonds is 4. The van der Waals surface area contributed by atoms with Crippen LogP contribution in [0.2, 0.25) is 0 Å². The van der Waals surface area contributed by atoms with Crippen molar-refractivity contribution in [1.29, 1.82) is 0 Å². The lowest BCUT2D eigenvalue weighted by Gasteiger charge is -2.31. The molecule has 0 bridgehead atoms. The van der Waals surface area contributed by atoms with Crippen LogP contribution in [0.25, 0.3) is 11.3 Å². The molecule has 3 aromatic heterocycles. The standard InChI is InChI=1S/C20H27N7O/c1-12(2)18-23-19(28-25-18)15-7-6-10-27(11-15)20-21-9-8-16(22-20)17-13(3)24-26(5)14(17)4/h8-9,12,15H,6-7,10-11H2,1-5H3. The van der Waals surface area contributed by atoms with Gasteiger partial charge in [0, 0.05) is 43.5 Å². The molecule has 148 valence electrons. The monoisotopic (exact) mass is 381 g/mol. The molecule has 8 heteroatoms.